The van der Waals surface area contributed by atoms with E-state index in [0.29, 0.717) is 17.9 Å². The molecule has 6 heteroatoms. The van der Waals surface area contributed by atoms with Crippen LogP contribution in [0.4, 0.5) is 0 Å². The zero-order valence-electron chi connectivity index (χ0n) is 9.54. The monoisotopic (exact) mass is 244 g/mol. The summed E-state index contributed by atoms with van der Waals surface area (Å²) in [6.45, 7) is 0.0819. The van der Waals surface area contributed by atoms with Crippen LogP contribution < -0.4 is 0 Å². The molecule has 2 heterocycles. The summed E-state index contributed by atoms with van der Waals surface area (Å²) in [5, 5.41) is 29.6. The number of H-pyrrole nitrogens is 1. The lowest BCUT2D eigenvalue weighted by Gasteiger charge is -1.99. The molecule has 3 aromatic rings. The van der Waals surface area contributed by atoms with Crippen molar-refractivity contribution in [2.24, 2.45) is 0 Å². The molecule has 0 aliphatic carbocycles. The molecule has 0 unspecified atom stereocenters. The van der Waals surface area contributed by atoms with E-state index >= 15 is 0 Å². The lowest BCUT2D eigenvalue weighted by atomic mass is 10.2. The Labute approximate surface area is 103 Å². The lowest BCUT2D eigenvalue weighted by molar-refractivity contribution is 0.298. The van der Waals surface area contributed by atoms with E-state index in [1.165, 1.54) is 0 Å². The SMILES string of the molecule is OCCc1cc2nnc(-c3cccc(O)c3)n2[nH]1. The number of fused-ring (bicyclic) bond motifs is 1. The number of nitrogens with one attached hydrogen (secondary N) is 1. The van der Waals surface area contributed by atoms with Crippen molar-refractivity contribution in [2.45, 2.75) is 6.42 Å². The number of aliphatic hydroxyl groups excluding tert-OH is 1. The minimum atomic E-state index is 0.0819. The van der Waals surface area contributed by atoms with Crippen LogP contribution in [-0.4, -0.2) is 36.6 Å². The Kier molecular flexibility index (Phi) is 2.49. The van der Waals surface area contributed by atoms with E-state index in [1.54, 1.807) is 22.7 Å². The number of hydrogen-bond donors (Lipinski definition) is 3. The summed E-state index contributed by atoms with van der Waals surface area (Å²) in [5.41, 5.74) is 2.36. The molecule has 2 aromatic heterocycles. The Morgan fingerprint density at radius 3 is 2.89 bits per heavy atom. The van der Waals surface area contributed by atoms with Crippen LogP contribution in [0, 0.1) is 0 Å². The van der Waals surface area contributed by atoms with E-state index in [-0.39, 0.29) is 12.4 Å². The smallest absolute Gasteiger partial charge is 0.183 e. The second-order valence-electron chi connectivity index (χ2n) is 4.02. The van der Waals surface area contributed by atoms with Gasteiger partial charge in [0.2, 0.25) is 0 Å². The largest absolute Gasteiger partial charge is 0.508 e. The quantitative estimate of drug-likeness (QED) is 0.640. The number of aromatic hydroxyl groups is 1. The van der Waals surface area contributed by atoms with Gasteiger partial charge in [-0.15, -0.1) is 10.2 Å². The topological polar surface area (TPSA) is 86.4 Å². The third-order valence-electron chi connectivity index (χ3n) is 2.73. The summed E-state index contributed by atoms with van der Waals surface area (Å²) in [4.78, 5) is 0. The molecule has 0 atom stereocenters. The fourth-order valence-corrected chi connectivity index (χ4v) is 1.91. The van der Waals surface area contributed by atoms with Gasteiger partial charge in [-0.05, 0) is 12.1 Å². The van der Waals surface area contributed by atoms with Crippen LogP contribution in [0.25, 0.3) is 17.0 Å². The van der Waals surface area contributed by atoms with Crippen LogP contribution in [0.3, 0.4) is 0 Å². The van der Waals surface area contributed by atoms with Gasteiger partial charge in [-0.1, -0.05) is 12.1 Å². The molecular formula is C12H12N4O2. The summed E-state index contributed by atoms with van der Waals surface area (Å²) < 4.78 is 1.74. The van der Waals surface area contributed by atoms with Crippen LogP contribution in [0.2, 0.25) is 0 Å². The van der Waals surface area contributed by atoms with Gasteiger partial charge >= 0.3 is 0 Å². The summed E-state index contributed by atoms with van der Waals surface area (Å²) in [7, 11) is 0. The van der Waals surface area contributed by atoms with Crippen molar-refractivity contribution in [3.8, 4) is 17.1 Å². The normalized spacial score (nSPS) is 11.2. The number of hydrogen-bond acceptors (Lipinski definition) is 4. The maximum Gasteiger partial charge on any atom is 0.183 e. The van der Waals surface area contributed by atoms with Crippen molar-refractivity contribution in [1.82, 2.24) is 19.8 Å². The summed E-state index contributed by atoms with van der Waals surface area (Å²) in [5.74, 6) is 0.816. The van der Waals surface area contributed by atoms with E-state index < -0.39 is 0 Å². The van der Waals surface area contributed by atoms with Gasteiger partial charge in [-0.2, -0.15) is 0 Å². The molecule has 3 N–H and O–H groups in total. The van der Waals surface area contributed by atoms with Crippen molar-refractivity contribution in [2.75, 3.05) is 6.61 Å². The number of aromatic nitrogens is 4. The predicted molar refractivity (Wildman–Crippen MR) is 65.2 cm³/mol. The molecule has 0 amide bonds. The molecule has 0 bridgehead atoms. The first-order chi connectivity index (χ1) is 8.78. The van der Waals surface area contributed by atoms with Gasteiger partial charge in [0, 0.05) is 30.4 Å². The van der Waals surface area contributed by atoms with E-state index in [0.717, 1.165) is 11.3 Å². The van der Waals surface area contributed by atoms with Gasteiger partial charge in [-0.3, -0.25) is 5.10 Å². The lowest BCUT2D eigenvalue weighted by Crippen LogP contribution is -1.94. The fraction of sp³-hybridized carbons (Fsp3) is 0.167. The molecule has 1 aromatic carbocycles. The Morgan fingerprint density at radius 1 is 1.22 bits per heavy atom. The zero-order chi connectivity index (χ0) is 12.5. The molecule has 0 aliphatic heterocycles. The summed E-state index contributed by atoms with van der Waals surface area (Å²) >= 11 is 0. The summed E-state index contributed by atoms with van der Waals surface area (Å²) in [6, 6.07) is 8.68. The third-order valence-corrected chi connectivity index (χ3v) is 2.73. The van der Waals surface area contributed by atoms with Gasteiger partial charge in [0.25, 0.3) is 0 Å². The first-order valence-electron chi connectivity index (χ1n) is 5.61. The minimum absolute atomic E-state index is 0.0819. The number of phenolic OH excluding ortho intramolecular Hbond substituents is 1. The third kappa shape index (κ3) is 1.72. The van der Waals surface area contributed by atoms with Crippen molar-refractivity contribution in [3.05, 3.63) is 36.0 Å². The van der Waals surface area contributed by atoms with Crippen LogP contribution >= 0.6 is 0 Å². The Morgan fingerprint density at radius 2 is 2.11 bits per heavy atom. The molecule has 18 heavy (non-hydrogen) atoms. The van der Waals surface area contributed by atoms with Crippen LogP contribution in [0.1, 0.15) is 5.69 Å². The Hall–Kier alpha value is -2.34. The molecule has 0 aliphatic rings. The number of benzene rings is 1. The molecule has 0 radical (unpaired) electrons. The van der Waals surface area contributed by atoms with Crippen molar-refractivity contribution < 1.29 is 10.2 Å². The Bertz CT molecular complexity index is 686. The second-order valence-corrected chi connectivity index (χ2v) is 4.02. The predicted octanol–water partition coefficient (Wildman–Crippen LogP) is 0.965. The highest BCUT2D eigenvalue weighted by molar-refractivity contribution is 5.60. The fourth-order valence-electron chi connectivity index (χ4n) is 1.91. The number of rotatable bonds is 3. The second kappa shape index (κ2) is 4.15. The van der Waals surface area contributed by atoms with Gasteiger partial charge in [0.05, 0.1) is 0 Å². The van der Waals surface area contributed by atoms with Gasteiger partial charge in [0.1, 0.15) is 5.75 Å². The average Bonchev–Trinajstić information content (AvgIpc) is 2.88. The highest BCUT2D eigenvalue weighted by atomic mass is 16.3. The number of aliphatic hydroxyl groups is 1. The minimum Gasteiger partial charge on any atom is -0.508 e. The first-order valence-corrected chi connectivity index (χ1v) is 5.61. The van der Waals surface area contributed by atoms with Crippen LogP contribution in [0.15, 0.2) is 30.3 Å². The van der Waals surface area contributed by atoms with Crippen molar-refractivity contribution >= 4 is 5.65 Å². The molecule has 0 spiro atoms. The molecule has 0 saturated carbocycles. The molecule has 92 valence electrons. The van der Waals surface area contributed by atoms with E-state index in [2.05, 4.69) is 15.3 Å². The maximum absolute atomic E-state index is 9.47. The van der Waals surface area contributed by atoms with Gasteiger partial charge in [0.15, 0.2) is 11.5 Å². The van der Waals surface area contributed by atoms with E-state index in [4.69, 9.17) is 5.11 Å². The standard InChI is InChI=1S/C12H12N4O2/c17-5-4-9-7-11-13-14-12(16(11)15-9)8-2-1-3-10(18)6-8/h1-3,6-7,15,17-18H,4-5H2. The van der Waals surface area contributed by atoms with E-state index in [9.17, 15) is 5.11 Å². The summed E-state index contributed by atoms with van der Waals surface area (Å²) in [6.07, 6.45) is 0.544. The van der Waals surface area contributed by atoms with Crippen molar-refractivity contribution in [3.63, 3.8) is 0 Å². The zero-order valence-corrected chi connectivity index (χ0v) is 9.54. The first kappa shape index (κ1) is 10.8. The Balaban J connectivity index is 2.11. The molecule has 0 saturated heterocycles. The molecular weight excluding hydrogens is 232 g/mol. The maximum atomic E-state index is 9.47. The number of nitrogens with zero attached hydrogens (tertiary/aromatic N) is 3. The molecule has 3 rings (SSSR count). The van der Waals surface area contributed by atoms with Crippen LogP contribution in [-0.2, 0) is 6.42 Å². The number of aromatic amines is 1. The van der Waals surface area contributed by atoms with E-state index in [1.807, 2.05) is 12.1 Å². The van der Waals surface area contributed by atoms with Gasteiger partial charge < -0.3 is 10.2 Å². The molecule has 0 fully saturated rings. The highest BCUT2D eigenvalue weighted by Gasteiger charge is 2.11. The van der Waals surface area contributed by atoms with Gasteiger partial charge in [-0.25, -0.2) is 4.52 Å². The van der Waals surface area contributed by atoms with Crippen molar-refractivity contribution in [1.29, 1.82) is 0 Å². The number of phenols is 1. The van der Waals surface area contributed by atoms with Crippen LogP contribution in [0.5, 0.6) is 5.75 Å². The average molecular weight is 244 g/mol. The molecule has 6 nitrogen and oxygen atoms in total. The highest BCUT2D eigenvalue weighted by Crippen LogP contribution is 2.22.